The van der Waals surface area contributed by atoms with Gasteiger partial charge in [0.05, 0.1) is 0 Å². The number of hydrogen-bond acceptors (Lipinski definition) is 2. The Balaban J connectivity index is 2.02. The normalized spacial score (nSPS) is 11.1. The third-order valence-electron chi connectivity index (χ3n) is 2.96. The van der Waals surface area contributed by atoms with Crippen LogP contribution in [0.25, 0.3) is 12.2 Å². The Bertz CT molecular complexity index is 571. The quantitative estimate of drug-likeness (QED) is 0.680. The fourth-order valence-electron chi connectivity index (χ4n) is 2.01. The molecular formula is C19H20O2. The van der Waals surface area contributed by atoms with Gasteiger partial charge in [0.1, 0.15) is 11.5 Å². The maximum atomic E-state index is 5.73. The van der Waals surface area contributed by atoms with Crippen molar-refractivity contribution >= 4 is 12.2 Å². The fourth-order valence-corrected chi connectivity index (χ4v) is 2.01. The first-order valence-corrected chi connectivity index (χ1v) is 7.04. The first kappa shape index (κ1) is 14.9. The summed E-state index contributed by atoms with van der Waals surface area (Å²) in [6.07, 6.45) is 8.01. The van der Waals surface area contributed by atoms with Crippen LogP contribution in [0.3, 0.4) is 0 Å². The lowest BCUT2D eigenvalue weighted by Gasteiger charge is -2.12. The number of benzene rings is 2. The van der Waals surface area contributed by atoms with Crippen LogP contribution in [0.15, 0.2) is 60.7 Å². The fraction of sp³-hybridized carbons (Fsp3) is 0.158. The molecule has 0 unspecified atom stereocenters. The highest BCUT2D eigenvalue weighted by atomic mass is 16.7. The van der Waals surface area contributed by atoms with Gasteiger partial charge in [-0.1, -0.05) is 60.7 Å². The van der Waals surface area contributed by atoms with E-state index in [4.69, 9.17) is 9.47 Å². The number of hydrogen-bond donors (Lipinski definition) is 0. The number of rotatable bonds is 6. The molecule has 108 valence electrons. The van der Waals surface area contributed by atoms with Crippen molar-refractivity contribution in [3.63, 3.8) is 0 Å². The second-order valence-corrected chi connectivity index (χ2v) is 4.48. The van der Waals surface area contributed by atoms with Crippen LogP contribution in [0.5, 0.6) is 11.5 Å². The summed E-state index contributed by atoms with van der Waals surface area (Å²) in [6.45, 7) is 4.16. The van der Waals surface area contributed by atoms with Gasteiger partial charge in [-0.15, -0.1) is 0 Å². The molecule has 2 nitrogen and oxygen atoms in total. The van der Waals surface area contributed by atoms with Crippen LogP contribution in [0.1, 0.15) is 25.0 Å². The van der Waals surface area contributed by atoms with Gasteiger partial charge >= 0.3 is 0 Å². The molecule has 0 N–H and O–H groups in total. The second kappa shape index (κ2) is 7.95. The number of allylic oxidation sites excluding steroid dienone is 2. The average Bonchev–Trinajstić information content (AvgIpc) is 2.51. The highest BCUT2D eigenvalue weighted by molar-refractivity contribution is 5.57. The predicted octanol–water partition coefficient (Wildman–Crippen LogP) is 5.17. The SMILES string of the molecule is CC=Cc1ccccc1OCOc1ccccc1C=CC. The Morgan fingerprint density at radius 1 is 0.714 bits per heavy atom. The zero-order valence-corrected chi connectivity index (χ0v) is 12.5. The molecule has 2 rings (SSSR count). The highest BCUT2D eigenvalue weighted by Crippen LogP contribution is 2.22. The van der Waals surface area contributed by atoms with Crippen LogP contribution in [-0.4, -0.2) is 6.79 Å². The molecule has 0 saturated carbocycles. The third-order valence-corrected chi connectivity index (χ3v) is 2.96. The molecule has 2 aromatic rings. The summed E-state index contributed by atoms with van der Waals surface area (Å²) in [5.74, 6) is 1.64. The van der Waals surface area contributed by atoms with Gasteiger partial charge in [-0.3, -0.25) is 0 Å². The first-order valence-electron chi connectivity index (χ1n) is 7.04. The Kier molecular flexibility index (Phi) is 5.65. The van der Waals surface area contributed by atoms with Crippen LogP contribution in [0.2, 0.25) is 0 Å². The van der Waals surface area contributed by atoms with E-state index in [-0.39, 0.29) is 6.79 Å². The maximum absolute atomic E-state index is 5.73. The number of ether oxygens (including phenoxy) is 2. The van der Waals surface area contributed by atoms with E-state index in [1.54, 1.807) is 0 Å². The Hall–Kier alpha value is -2.48. The predicted molar refractivity (Wildman–Crippen MR) is 88.4 cm³/mol. The van der Waals surface area contributed by atoms with Crippen LogP contribution in [0, 0.1) is 0 Å². The van der Waals surface area contributed by atoms with Gasteiger partial charge in [0.2, 0.25) is 6.79 Å². The van der Waals surface area contributed by atoms with Crippen molar-refractivity contribution in [3.8, 4) is 11.5 Å². The summed E-state index contributed by atoms with van der Waals surface area (Å²) in [7, 11) is 0. The summed E-state index contributed by atoms with van der Waals surface area (Å²) < 4.78 is 11.5. The lowest BCUT2D eigenvalue weighted by Crippen LogP contribution is -2.07. The van der Waals surface area contributed by atoms with E-state index in [0.29, 0.717) is 0 Å². The topological polar surface area (TPSA) is 18.5 Å². The van der Waals surface area contributed by atoms with Gasteiger partial charge in [-0.25, -0.2) is 0 Å². The molecule has 0 heterocycles. The summed E-state index contributed by atoms with van der Waals surface area (Å²) in [5.41, 5.74) is 2.09. The van der Waals surface area contributed by atoms with E-state index in [1.165, 1.54) is 0 Å². The molecule has 0 aliphatic carbocycles. The van der Waals surface area contributed by atoms with Crippen LogP contribution in [0.4, 0.5) is 0 Å². The van der Waals surface area contributed by atoms with Crippen molar-refractivity contribution in [2.45, 2.75) is 13.8 Å². The molecule has 0 bridgehead atoms. The van der Waals surface area contributed by atoms with Gasteiger partial charge in [-0.2, -0.15) is 0 Å². The molecule has 2 heteroatoms. The smallest absolute Gasteiger partial charge is 0.230 e. The molecule has 21 heavy (non-hydrogen) atoms. The zero-order chi connectivity index (χ0) is 14.9. The van der Waals surface area contributed by atoms with Crippen LogP contribution in [-0.2, 0) is 0 Å². The van der Waals surface area contributed by atoms with Crippen molar-refractivity contribution in [1.29, 1.82) is 0 Å². The molecule has 2 aromatic carbocycles. The Labute approximate surface area is 126 Å². The van der Waals surface area contributed by atoms with Crippen molar-refractivity contribution in [2.75, 3.05) is 6.79 Å². The molecular weight excluding hydrogens is 260 g/mol. The zero-order valence-electron chi connectivity index (χ0n) is 12.5. The minimum Gasteiger partial charge on any atom is -0.457 e. The van der Waals surface area contributed by atoms with E-state index in [9.17, 15) is 0 Å². The first-order chi connectivity index (χ1) is 10.3. The number of para-hydroxylation sites is 2. The third kappa shape index (κ3) is 4.25. The molecule has 0 aliphatic heterocycles. The Morgan fingerprint density at radius 2 is 1.14 bits per heavy atom. The van der Waals surface area contributed by atoms with Crippen molar-refractivity contribution in [3.05, 3.63) is 71.8 Å². The van der Waals surface area contributed by atoms with Crippen molar-refractivity contribution in [2.24, 2.45) is 0 Å². The van der Waals surface area contributed by atoms with Gasteiger partial charge in [0.25, 0.3) is 0 Å². The molecule has 0 radical (unpaired) electrons. The van der Waals surface area contributed by atoms with Gasteiger partial charge in [0, 0.05) is 11.1 Å². The Morgan fingerprint density at radius 3 is 1.57 bits per heavy atom. The summed E-state index contributed by atoms with van der Waals surface area (Å²) in [5, 5.41) is 0. The minimum atomic E-state index is 0.184. The van der Waals surface area contributed by atoms with E-state index in [2.05, 4.69) is 0 Å². The van der Waals surface area contributed by atoms with Crippen molar-refractivity contribution < 1.29 is 9.47 Å². The largest absolute Gasteiger partial charge is 0.457 e. The maximum Gasteiger partial charge on any atom is 0.230 e. The summed E-state index contributed by atoms with van der Waals surface area (Å²) in [4.78, 5) is 0. The lowest BCUT2D eigenvalue weighted by molar-refractivity contribution is 0.119. The van der Waals surface area contributed by atoms with Crippen molar-refractivity contribution in [1.82, 2.24) is 0 Å². The summed E-state index contributed by atoms with van der Waals surface area (Å²) in [6, 6.07) is 15.8. The van der Waals surface area contributed by atoms with E-state index >= 15 is 0 Å². The van der Waals surface area contributed by atoms with Crippen LogP contribution < -0.4 is 9.47 Å². The summed E-state index contributed by atoms with van der Waals surface area (Å²) >= 11 is 0. The van der Waals surface area contributed by atoms with Gasteiger partial charge in [0.15, 0.2) is 0 Å². The van der Waals surface area contributed by atoms with E-state index in [0.717, 1.165) is 22.6 Å². The molecule has 0 fully saturated rings. The molecule has 0 saturated heterocycles. The molecule has 0 spiro atoms. The van der Waals surface area contributed by atoms with E-state index < -0.39 is 0 Å². The monoisotopic (exact) mass is 280 g/mol. The van der Waals surface area contributed by atoms with Gasteiger partial charge in [-0.05, 0) is 26.0 Å². The molecule has 0 atom stereocenters. The second-order valence-electron chi connectivity index (χ2n) is 4.48. The standard InChI is InChI=1S/C19H20O2/c1-3-9-16-11-5-7-13-18(16)20-15-21-19-14-8-6-12-17(19)10-4-2/h3-14H,15H2,1-2H3. The lowest BCUT2D eigenvalue weighted by atomic mass is 10.2. The van der Waals surface area contributed by atoms with E-state index in [1.807, 2.05) is 86.7 Å². The van der Waals surface area contributed by atoms with Gasteiger partial charge < -0.3 is 9.47 Å². The molecule has 0 aliphatic rings. The molecule has 0 aromatic heterocycles. The average molecular weight is 280 g/mol. The highest BCUT2D eigenvalue weighted by Gasteiger charge is 2.02. The van der Waals surface area contributed by atoms with Crippen LogP contribution >= 0.6 is 0 Å². The molecule has 0 amide bonds. The minimum absolute atomic E-state index is 0.184.